The molecule has 1 fully saturated rings. The summed E-state index contributed by atoms with van der Waals surface area (Å²) < 4.78 is 14.7. The van der Waals surface area contributed by atoms with E-state index in [1.165, 1.54) is 17.4 Å². The highest BCUT2D eigenvalue weighted by atomic mass is 32.1. The average Bonchev–Trinajstić information content (AvgIpc) is 3.38. The summed E-state index contributed by atoms with van der Waals surface area (Å²) in [5, 5.41) is 2.83. The zero-order valence-corrected chi connectivity index (χ0v) is 17.0. The van der Waals surface area contributed by atoms with Gasteiger partial charge in [0.25, 0.3) is 5.91 Å². The Labute approximate surface area is 173 Å². The summed E-state index contributed by atoms with van der Waals surface area (Å²) in [4.78, 5) is 16.6. The Hall–Kier alpha value is -2.71. The normalized spacial score (nSPS) is 16.8. The SMILES string of the molecule is O=C1NCc2ccc(OCCCN3CCN(c4cccc5nsnc45)CC3)cc21. The Bertz CT molecular complexity index is 1030. The van der Waals surface area contributed by atoms with Crippen molar-refractivity contribution < 1.29 is 9.53 Å². The molecule has 7 nitrogen and oxygen atoms in total. The fourth-order valence-corrected chi connectivity index (χ4v) is 4.56. The van der Waals surface area contributed by atoms with Gasteiger partial charge >= 0.3 is 0 Å². The van der Waals surface area contributed by atoms with E-state index in [1.807, 2.05) is 24.3 Å². The number of piperazine rings is 1. The van der Waals surface area contributed by atoms with Crippen molar-refractivity contribution in [3.8, 4) is 5.75 Å². The van der Waals surface area contributed by atoms with Crippen LogP contribution < -0.4 is 15.0 Å². The molecular weight excluding hydrogens is 386 g/mol. The van der Waals surface area contributed by atoms with Crippen molar-refractivity contribution in [2.24, 2.45) is 0 Å². The van der Waals surface area contributed by atoms with Crippen molar-refractivity contribution >= 4 is 34.4 Å². The molecule has 1 N–H and O–H groups in total. The zero-order valence-electron chi connectivity index (χ0n) is 16.1. The standard InChI is InChI=1S/C21H23N5O2S/c27-21-17-13-16(6-5-15(17)14-22-21)28-12-2-7-25-8-10-26(11-9-25)19-4-1-3-18-20(19)24-29-23-18/h1,3-6,13H,2,7-12,14H2,(H,22,27). The minimum Gasteiger partial charge on any atom is -0.494 e. The fraction of sp³-hybridized carbons (Fsp3) is 0.381. The number of benzene rings is 2. The van der Waals surface area contributed by atoms with Gasteiger partial charge in [0.2, 0.25) is 0 Å². The van der Waals surface area contributed by atoms with Gasteiger partial charge in [-0.05, 0) is 36.2 Å². The van der Waals surface area contributed by atoms with E-state index in [0.717, 1.165) is 67.1 Å². The lowest BCUT2D eigenvalue weighted by atomic mass is 10.1. The molecule has 3 heterocycles. The molecule has 1 amide bonds. The maximum atomic E-state index is 11.8. The molecule has 0 unspecified atom stereocenters. The van der Waals surface area contributed by atoms with Gasteiger partial charge in [-0.1, -0.05) is 12.1 Å². The average molecular weight is 410 g/mol. The number of hydrogen-bond donors (Lipinski definition) is 1. The number of carbonyl (C=O) groups is 1. The van der Waals surface area contributed by atoms with Crippen LogP contribution >= 0.6 is 11.7 Å². The number of ether oxygens (including phenoxy) is 1. The fourth-order valence-electron chi connectivity index (χ4n) is 4.02. The van der Waals surface area contributed by atoms with Crippen LogP contribution in [0.1, 0.15) is 22.3 Å². The summed E-state index contributed by atoms with van der Waals surface area (Å²) in [7, 11) is 0. The van der Waals surface area contributed by atoms with Gasteiger partial charge in [-0.15, -0.1) is 0 Å². The Balaban J connectivity index is 1.08. The van der Waals surface area contributed by atoms with E-state index in [4.69, 9.17) is 4.74 Å². The first-order valence-electron chi connectivity index (χ1n) is 10.0. The number of fused-ring (bicyclic) bond motifs is 2. The van der Waals surface area contributed by atoms with Gasteiger partial charge in [-0.2, -0.15) is 8.75 Å². The maximum Gasteiger partial charge on any atom is 0.252 e. The van der Waals surface area contributed by atoms with Crippen molar-refractivity contribution in [2.45, 2.75) is 13.0 Å². The Morgan fingerprint density at radius 3 is 2.90 bits per heavy atom. The van der Waals surface area contributed by atoms with Gasteiger partial charge < -0.3 is 15.0 Å². The highest BCUT2D eigenvalue weighted by Gasteiger charge is 2.20. The Kier molecular flexibility index (Phi) is 5.03. The van der Waals surface area contributed by atoms with Crippen molar-refractivity contribution in [2.75, 3.05) is 44.2 Å². The van der Waals surface area contributed by atoms with Gasteiger partial charge in [0.1, 0.15) is 16.8 Å². The third-order valence-electron chi connectivity index (χ3n) is 5.63. The highest BCUT2D eigenvalue weighted by Crippen LogP contribution is 2.26. The van der Waals surface area contributed by atoms with Crippen LogP contribution in [-0.4, -0.2) is 58.9 Å². The molecule has 0 radical (unpaired) electrons. The van der Waals surface area contributed by atoms with Gasteiger partial charge in [-0.3, -0.25) is 9.69 Å². The molecule has 150 valence electrons. The summed E-state index contributed by atoms with van der Waals surface area (Å²) in [6.45, 7) is 6.36. The van der Waals surface area contributed by atoms with Crippen LogP contribution in [0.4, 0.5) is 5.69 Å². The van der Waals surface area contributed by atoms with Crippen LogP contribution in [0.25, 0.3) is 11.0 Å². The molecule has 8 heteroatoms. The lowest BCUT2D eigenvalue weighted by Crippen LogP contribution is -2.46. The summed E-state index contributed by atoms with van der Waals surface area (Å²) in [5.41, 5.74) is 4.98. The van der Waals surface area contributed by atoms with Crippen LogP contribution in [-0.2, 0) is 6.54 Å². The maximum absolute atomic E-state index is 11.8. The quantitative estimate of drug-likeness (QED) is 0.631. The van der Waals surface area contributed by atoms with E-state index in [0.29, 0.717) is 13.2 Å². The molecule has 2 aliphatic rings. The van der Waals surface area contributed by atoms with Gasteiger partial charge in [0.15, 0.2) is 0 Å². The second-order valence-electron chi connectivity index (χ2n) is 7.44. The molecular formula is C21H23N5O2S. The molecule has 1 aromatic heterocycles. The molecule has 2 aromatic carbocycles. The monoisotopic (exact) mass is 409 g/mol. The largest absolute Gasteiger partial charge is 0.494 e. The van der Waals surface area contributed by atoms with E-state index < -0.39 is 0 Å². The molecule has 0 atom stereocenters. The van der Waals surface area contributed by atoms with Crippen LogP contribution in [0.15, 0.2) is 36.4 Å². The Morgan fingerprint density at radius 2 is 2.00 bits per heavy atom. The minimum absolute atomic E-state index is 0.00699. The second-order valence-corrected chi connectivity index (χ2v) is 7.97. The van der Waals surface area contributed by atoms with Gasteiger partial charge in [0.05, 0.1) is 24.0 Å². The number of nitrogens with zero attached hydrogens (tertiary/aromatic N) is 4. The molecule has 0 bridgehead atoms. The number of carbonyl (C=O) groups excluding carboxylic acids is 1. The predicted octanol–water partition coefficient (Wildman–Crippen LogP) is 2.53. The van der Waals surface area contributed by atoms with Crippen molar-refractivity contribution in [3.63, 3.8) is 0 Å². The van der Waals surface area contributed by atoms with Crippen molar-refractivity contribution in [1.82, 2.24) is 19.0 Å². The number of aromatic nitrogens is 2. The Morgan fingerprint density at radius 1 is 1.10 bits per heavy atom. The number of nitrogens with one attached hydrogen (secondary N) is 1. The number of anilines is 1. The van der Waals surface area contributed by atoms with E-state index in [9.17, 15) is 4.79 Å². The topological polar surface area (TPSA) is 70.6 Å². The highest BCUT2D eigenvalue weighted by molar-refractivity contribution is 7.00. The second kappa shape index (κ2) is 7.96. The molecule has 1 saturated heterocycles. The van der Waals surface area contributed by atoms with Crippen molar-refractivity contribution in [1.29, 1.82) is 0 Å². The zero-order chi connectivity index (χ0) is 19.6. The third kappa shape index (κ3) is 3.77. The third-order valence-corrected chi connectivity index (χ3v) is 6.17. The van der Waals surface area contributed by atoms with Crippen LogP contribution in [0.3, 0.4) is 0 Å². The first-order chi connectivity index (χ1) is 14.3. The lowest BCUT2D eigenvalue weighted by Gasteiger charge is -2.36. The summed E-state index contributed by atoms with van der Waals surface area (Å²) >= 11 is 1.28. The van der Waals surface area contributed by atoms with Crippen LogP contribution in [0, 0.1) is 0 Å². The number of rotatable bonds is 6. The smallest absolute Gasteiger partial charge is 0.252 e. The summed E-state index contributed by atoms with van der Waals surface area (Å²) in [6.07, 6.45) is 0.967. The van der Waals surface area contributed by atoms with Gasteiger partial charge in [0, 0.05) is 44.8 Å². The van der Waals surface area contributed by atoms with E-state index >= 15 is 0 Å². The first kappa shape index (κ1) is 18.3. The van der Waals surface area contributed by atoms with E-state index in [1.54, 1.807) is 0 Å². The summed E-state index contributed by atoms with van der Waals surface area (Å²) in [6, 6.07) is 12.0. The van der Waals surface area contributed by atoms with Crippen LogP contribution in [0.5, 0.6) is 5.75 Å². The predicted molar refractivity (Wildman–Crippen MR) is 114 cm³/mol. The van der Waals surface area contributed by atoms with E-state index in [-0.39, 0.29) is 5.91 Å². The molecule has 0 aliphatic carbocycles. The summed E-state index contributed by atoms with van der Waals surface area (Å²) in [5.74, 6) is 0.767. The number of amides is 1. The van der Waals surface area contributed by atoms with Gasteiger partial charge in [-0.25, -0.2) is 0 Å². The number of hydrogen-bond acceptors (Lipinski definition) is 7. The van der Waals surface area contributed by atoms with E-state index in [2.05, 4.69) is 36.0 Å². The molecule has 0 spiro atoms. The van der Waals surface area contributed by atoms with Crippen LogP contribution in [0.2, 0.25) is 0 Å². The lowest BCUT2D eigenvalue weighted by molar-refractivity contribution is 0.0965. The molecule has 0 saturated carbocycles. The molecule has 3 aromatic rings. The minimum atomic E-state index is -0.00699. The first-order valence-corrected chi connectivity index (χ1v) is 10.7. The molecule has 2 aliphatic heterocycles. The van der Waals surface area contributed by atoms with Crippen molar-refractivity contribution in [3.05, 3.63) is 47.5 Å². The molecule has 29 heavy (non-hydrogen) atoms. The molecule has 5 rings (SSSR count).